The predicted octanol–water partition coefficient (Wildman–Crippen LogP) is 2.58. The smallest absolute Gasteiger partial charge is 0.255 e. The third-order valence-electron chi connectivity index (χ3n) is 2.78. The van der Waals surface area contributed by atoms with Gasteiger partial charge in [-0.25, -0.2) is 4.39 Å². The van der Waals surface area contributed by atoms with E-state index in [1.807, 2.05) is 0 Å². The first-order valence-electron chi connectivity index (χ1n) is 5.98. The summed E-state index contributed by atoms with van der Waals surface area (Å²) in [4.78, 5) is 12.0. The van der Waals surface area contributed by atoms with E-state index in [-0.39, 0.29) is 17.9 Å². The minimum absolute atomic E-state index is 0.0869. The standard InChI is InChI=1S/C15H14FNO3/c1-20-14-6-5-11(8-13(14)16)15(19)17-12-4-2-3-10(7-12)9-18/h2-8,18H,9H2,1H3,(H,17,19). The van der Waals surface area contributed by atoms with Gasteiger partial charge in [0, 0.05) is 11.3 Å². The van der Waals surface area contributed by atoms with Gasteiger partial charge in [0.25, 0.3) is 5.91 Å². The summed E-state index contributed by atoms with van der Waals surface area (Å²) < 4.78 is 18.3. The van der Waals surface area contributed by atoms with Crippen LogP contribution < -0.4 is 10.1 Å². The number of hydrogen-bond acceptors (Lipinski definition) is 3. The largest absolute Gasteiger partial charge is 0.494 e. The van der Waals surface area contributed by atoms with E-state index in [2.05, 4.69) is 5.32 Å². The molecule has 0 radical (unpaired) electrons. The number of aliphatic hydroxyl groups is 1. The fraction of sp³-hybridized carbons (Fsp3) is 0.133. The Morgan fingerprint density at radius 2 is 2.10 bits per heavy atom. The monoisotopic (exact) mass is 275 g/mol. The van der Waals surface area contributed by atoms with Crippen LogP contribution in [0.2, 0.25) is 0 Å². The predicted molar refractivity (Wildman–Crippen MR) is 73.3 cm³/mol. The number of amides is 1. The van der Waals surface area contributed by atoms with Crippen LogP contribution in [0.25, 0.3) is 0 Å². The molecule has 0 saturated heterocycles. The van der Waals surface area contributed by atoms with Crippen LogP contribution in [0.1, 0.15) is 15.9 Å². The number of benzene rings is 2. The highest BCUT2D eigenvalue weighted by atomic mass is 19.1. The lowest BCUT2D eigenvalue weighted by molar-refractivity contribution is 0.102. The van der Waals surface area contributed by atoms with E-state index in [0.29, 0.717) is 11.3 Å². The molecule has 104 valence electrons. The summed E-state index contributed by atoms with van der Waals surface area (Å²) >= 11 is 0. The van der Waals surface area contributed by atoms with Crippen molar-refractivity contribution in [1.82, 2.24) is 0 Å². The van der Waals surface area contributed by atoms with Crippen molar-refractivity contribution in [3.63, 3.8) is 0 Å². The van der Waals surface area contributed by atoms with Crippen molar-refractivity contribution in [3.05, 3.63) is 59.4 Å². The lowest BCUT2D eigenvalue weighted by Crippen LogP contribution is -2.12. The first kappa shape index (κ1) is 14.0. The van der Waals surface area contributed by atoms with Gasteiger partial charge < -0.3 is 15.2 Å². The molecule has 2 aromatic carbocycles. The Labute approximate surface area is 115 Å². The maximum absolute atomic E-state index is 13.5. The highest BCUT2D eigenvalue weighted by Crippen LogP contribution is 2.19. The van der Waals surface area contributed by atoms with Gasteiger partial charge in [0.1, 0.15) is 0 Å². The number of nitrogens with one attached hydrogen (secondary N) is 1. The van der Waals surface area contributed by atoms with Crippen molar-refractivity contribution in [2.24, 2.45) is 0 Å². The van der Waals surface area contributed by atoms with Gasteiger partial charge in [0.15, 0.2) is 11.6 Å². The van der Waals surface area contributed by atoms with Crippen LogP contribution in [-0.2, 0) is 6.61 Å². The van der Waals surface area contributed by atoms with Gasteiger partial charge in [-0.2, -0.15) is 0 Å². The van der Waals surface area contributed by atoms with Crippen LogP contribution in [0.15, 0.2) is 42.5 Å². The van der Waals surface area contributed by atoms with Crippen LogP contribution >= 0.6 is 0 Å². The minimum atomic E-state index is -0.593. The molecule has 2 N–H and O–H groups in total. The third-order valence-corrected chi connectivity index (χ3v) is 2.78. The van der Waals surface area contributed by atoms with Crippen LogP contribution in [0, 0.1) is 5.82 Å². The molecule has 0 bridgehead atoms. The number of halogens is 1. The average molecular weight is 275 g/mol. The van der Waals surface area contributed by atoms with Gasteiger partial charge in [0.2, 0.25) is 0 Å². The topological polar surface area (TPSA) is 58.6 Å². The summed E-state index contributed by atoms with van der Waals surface area (Å²) in [5.74, 6) is -0.935. The Kier molecular flexibility index (Phi) is 4.32. The zero-order valence-corrected chi connectivity index (χ0v) is 10.9. The van der Waals surface area contributed by atoms with E-state index in [9.17, 15) is 9.18 Å². The Bertz CT molecular complexity index is 628. The van der Waals surface area contributed by atoms with E-state index < -0.39 is 11.7 Å². The van der Waals surface area contributed by atoms with Crippen LogP contribution in [0.3, 0.4) is 0 Å². The first-order chi connectivity index (χ1) is 9.63. The molecule has 0 spiro atoms. The molecular formula is C15H14FNO3. The molecule has 0 aliphatic rings. The van der Waals surface area contributed by atoms with E-state index in [0.717, 1.165) is 6.07 Å². The summed E-state index contributed by atoms with van der Waals surface area (Å²) in [7, 11) is 1.36. The summed E-state index contributed by atoms with van der Waals surface area (Å²) in [5.41, 5.74) is 1.42. The van der Waals surface area contributed by atoms with Gasteiger partial charge in [-0.05, 0) is 35.9 Å². The first-order valence-corrected chi connectivity index (χ1v) is 5.98. The number of carbonyl (C=O) groups is 1. The molecule has 20 heavy (non-hydrogen) atoms. The maximum Gasteiger partial charge on any atom is 0.255 e. The highest BCUT2D eigenvalue weighted by molar-refractivity contribution is 6.04. The lowest BCUT2D eigenvalue weighted by atomic mass is 10.1. The Morgan fingerprint density at radius 1 is 1.30 bits per heavy atom. The summed E-state index contributed by atoms with van der Waals surface area (Å²) in [5, 5.41) is 11.7. The number of aliphatic hydroxyl groups excluding tert-OH is 1. The second-order valence-electron chi connectivity index (χ2n) is 4.16. The molecule has 0 unspecified atom stereocenters. The zero-order chi connectivity index (χ0) is 14.5. The van der Waals surface area contributed by atoms with Gasteiger partial charge in [0.05, 0.1) is 13.7 Å². The van der Waals surface area contributed by atoms with E-state index >= 15 is 0 Å². The molecular weight excluding hydrogens is 261 g/mol. The fourth-order valence-electron chi connectivity index (χ4n) is 1.76. The van der Waals surface area contributed by atoms with Crippen molar-refractivity contribution in [3.8, 4) is 5.75 Å². The van der Waals surface area contributed by atoms with E-state index in [1.165, 1.54) is 19.2 Å². The summed E-state index contributed by atoms with van der Waals surface area (Å²) in [6.45, 7) is -0.110. The van der Waals surface area contributed by atoms with Crippen molar-refractivity contribution in [2.45, 2.75) is 6.61 Å². The molecule has 0 aliphatic heterocycles. The number of ether oxygens (including phenoxy) is 1. The van der Waals surface area contributed by atoms with Crippen LogP contribution in [0.5, 0.6) is 5.75 Å². The second kappa shape index (κ2) is 6.16. The number of carbonyl (C=O) groups excluding carboxylic acids is 1. The highest BCUT2D eigenvalue weighted by Gasteiger charge is 2.10. The molecule has 0 saturated carbocycles. The van der Waals surface area contributed by atoms with Crippen LogP contribution in [-0.4, -0.2) is 18.1 Å². The van der Waals surface area contributed by atoms with Gasteiger partial charge >= 0.3 is 0 Å². The molecule has 0 aliphatic carbocycles. The van der Waals surface area contributed by atoms with Gasteiger partial charge in [-0.15, -0.1) is 0 Å². The third kappa shape index (κ3) is 3.13. The molecule has 0 heterocycles. The van der Waals surface area contributed by atoms with Gasteiger partial charge in [-0.1, -0.05) is 12.1 Å². The van der Waals surface area contributed by atoms with Crippen LogP contribution in [0.4, 0.5) is 10.1 Å². The van der Waals surface area contributed by atoms with E-state index in [1.54, 1.807) is 24.3 Å². The molecule has 0 fully saturated rings. The number of rotatable bonds is 4. The quantitative estimate of drug-likeness (QED) is 0.901. The lowest BCUT2D eigenvalue weighted by Gasteiger charge is -2.08. The fourth-order valence-corrected chi connectivity index (χ4v) is 1.76. The molecule has 0 aromatic heterocycles. The molecule has 2 aromatic rings. The van der Waals surface area contributed by atoms with Crippen molar-refractivity contribution < 1.29 is 19.0 Å². The SMILES string of the molecule is COc1ccc(C(=O)Nc2cccc(CO)c2)cc1F. The average Bonchev–Trinajstić information content (AvgIpc) is 2.47. The van der Waals surface area contributed by atoms with Gasteiger partial charge in [-0.3, -0.25) is 4.79 Å². The molecule has 1 amide bonds. The maximum atomic E-state index is 13.5. The zero-order valence-electron chi connectivity index (χ0n) is 10.9. The Hall–Kier alpha value is -2.40. The van der Waals surface area contributed by atoms with Crippen molar-refractivity contribution >= 4 is 11.6 Å². The number of hydrogen-bond donors (Lipinski definition) is 2. The number of anilines is 1. The molecule has 2 rings (SSSR count). The molecule has 5 heteroatoms. The van der Waals surface area contributed by atoms with E-state index in [4.69, 9.17) is 9.84 Å². The second-order valence-corrected chi connectivity index (χ2v) is 4.16. The summed E-state index contributed by atoms with van der Waals surface area (Å²) in [6.07, 6.45) is 0. The van der Waals surface area contributed by atoms with Crippen molar-refractivity contribution in [2.75, 3.05) is 12.4 Å². The minimum Gasteiger partial charge on any atom is -0.494 e. The normalized spacial score (nSPS) is 10.2. The Balaban J connectivity index is 2.17. The number of methoxy groups -OCH3 is 1. The summed E-state index contributed by atoms with van der Waals surface area (Å²) in [6, 6.07) is 10.8. The van der Waals surface area contributed by atoms with Crippen molar-refractivity contribution in [1.29, 1.82) is 0 Å². The Morgan fingerprint density at radius 3 is 2.75 bits per heavy atom. The molecule has 4 nitrogen and oxygen atoms in total. The molecule has 0 atom stereocenters.